The molecule has 1 saturated carbocycles. The molecule has 0 aromatic heterocycles. The molecule has 4 nitrogen and oxygen atoms in total. The molecule has 25 heavy (non-hydrogen) atoms. The molecule has 2 amide bonds. The Hall–Kier alpha value is -1.75. The van der Waals surface area contributed by atoms with E-state index in [4.69, 9.17) is 34.8 Å². The second-order valence-corrected chi connectivity index (χ2v) is 7.13. The minimum Gasteiger partial charge on any atom is -0.326 e. The fourth-order valence-corrected chi connectivity index (χ4v) is 3.09. The summed E-state index contributed by atoms with van der Waals surface area (Å²) in [7, 11) is 0. The molecule has 0 aliphatic heterocycles. The highest BCUT2D eigenvalue weighted by atomic mass is 35.5. The second kappa shape index (κ2) is 7.24. The molecular formula is C18H15Cl3N2O2. The van der Waals surface area contributed by atoms with Crippen LogP contribution in [-0.2, 0) is 9.59 Å². The van der Waals surface area contributed by atoms with Crippen LogP contribution in [0.5, 0.6) is 0 Å². The average Bonchev–Trinajstić information content (AvgIpc) is 3.37. The molecule has 1 aliphatic carbocycles. The number of hydrogen-bond acceptors (Lipinski definition) is 2. The topological polar surface area (TPSA) is 58.2 Å². The fraction of sp³-hybridized carbons (Fsp3) is 0.222. The van der Waals surface area contributed by atoms with Crippen molar-refractivity contribution in [3.63, 3.8) is 0 Å². The van der Waals surface area contributed by atoms with Gasteiger partial charge in [0.15, 0.2) is 0 Å². The molecule has 1 fully saturated rings. The highest BCUT2D eigenvalue weighted by molar-refractivity contribution is 6.44. The van der Waals surface area contributed by atoms with Gasteiger partial charge in [-0.25, -0.2) is 0 Å². The van der Waals surface area contributed by atoms with Gasteiger partial charge < -0.3 is 10.6 Å². The van der Waals surface area contributed by atoms with E-state index in [-0.39, 0.29) is 28.7 Å². The van der Waals surface area contributed by atoms with E-state index in [2.05, 4.69) is 10.6 Å². The van der Waals surface area contributed by atoms with E-state index in [0.29, 0.717) is 27.8 Å². The Morgan fingerprint density at radius 2 is 1.40 bits per heavy atom. The summed E-state index contributed by atoms with van der Waals surface area (Å²) in [6, 6.07) is 10.3. The molecule has 2 aromatic rings. The highest BCUT2D eigenvalue weighted by Crippen LogP contribution is 2.41. The van der Waals surface area contributed by atoms with E-state index in [1.165, 1.54) is 0 Å². The first-order valence-corrected chi connectivity index (χ1v) is 8.82. The summed E-state index contributed by atoms with van der Waals surface area (Å²) in [4.78, 5) is 24.7. The zero-order valence-electron chi connectivity index (χ0n) is 13.3. The Balaban J connectivity index is 1.62. The molecule has 2 atom stereocenters. The van der Waals surface area contributed by atoms with Crippen molar-refractivity contribution < 1.29 is 9.59 Å². The molecule has 0 heterocycles. The van der Waals surface area contributed by atoms with Crippen LogP contribution in [0.2, 0.25) is 15.1 Å². The molecule has 0 spiro atoms. The summed E-state index contributed by atoms with van der Waals surface area (Å²) in [6.45, 7) is 1.83. The molecule has 1 aliphatic rings. The normalized spacial score (nSPS) is 18.6. The molecule has 0 saturated heterocycles. The lowest BCUT2D eigenvalue weighted by Crippen LogP contribution is -2.21. The van der Waals surface area contributed by atoms with Gasteiger partial charge in [-0.15, -0.1) is 0 Å². The number of carbonyl (C=O) groups is 2. The van der Waals surface area contributed by atoms with Crippen LogP contribution >= 0.6 is 34.8 Å². The Morgan fingerprint density at radius 3 is 2.04 bits per heavy atom. The monoisotopic (exact) mass is 396 g/mol. The van der Waals surface area contributed by atoms with Gasteiger partial charge in [0, 0.05) is 10.7 Å². The van der Waals surface area contributed by atoms with Crippen LogP contribution < -0.4 is 10.6 Å². The van der Waals surface area contributed by atoms with E-state index >= 15 is 0 Å². The van der Waals surface area contributed by atoms with Crippen LogP contribution in [0.4, 0.5) is 11.4 Å². The Labute approximate surface area is 160 Å². The van der Waals surface area contributed by atoms with Crippen molar-refractivity contribution in [3.8, 4) is 0 Å². The van der Waals surface area contributed by atoms with Crippen LogP contribution in [0.3, 0.4) is 0 Å². The molecule has 2 N–H and O–H groups in total. The van der Waals surface area contributed by atoms with Crippen molar-refractivity contribution in [1.29, 1.82) is 0 Å². The smallest absolute Gasteiger partial charge is 0.228 e. The first-order chi connectivity index (χ1) is 11.9. The molecule has 0 radical (unpaired) electrons. The van der Waals surface area contributed by atoms with E-state index in [1.807, 2.05) is 6.92 Å². The molecule has 2 aromatic carbocycles. The van der Waals surface area contributed by atoms with E-state index < -0.39 is 0 Å². The standard InChI is InChI=1S/C18H15Cl3N2O2/c1-9-12(19)4-2-6-14(9)22-17(24)10-8-11(10)18(25)23-15-7-3-5-13(20)16(15)21/h2-7,10-11H,8H2,1H3,(H,22,24)(H,23,25). The van der Waals surface area contributed by atoms with Gasteiger partial charge in [-0.3, -0.25) is 9.59 Å². The van der Waals surface area contributed by atoms with Crippen LogP contribution in [-0.4, -0.2) is 11.8 Å². The maximum Gasteiger partial charge on any atom is 0.228 e. The summed E-state index contributed by atoms with van der Waals surface area (Å²) >= 11 is 18.0. The van der Waals surface area contributed by atoms with Crippen LogP contribution in [0.15, 0.2) is 36.4 Å². The molecule has 3 rings (SSSR count). The summed E-state index contributed by atoms with van der Waals surface area (Å²) in [5, 5.41) is 6.79. The van der Waals surface area contributed by atoms with Gasteiger partial charge in [-0.2, -0.15) is 0 Å². The maximum absolute atomic E-state index is 12.3. The van der Waals surface area contributed by atoms with E-state index in [9.17, 15) is 9.59 Å². The Bertz CT molecular complexity index is 785. The second-order valence-electron chi connectivity index (χ2n) is 5.94. The number of hydrogen-bond donors (Lipinski definition) is 2. The minimum atomic E-state index is -0.380. The summed E-state index contributed by atoms with van der Waals surface area (Å²) in [5.41, 5.74) is 1.89. The van der Waals surface area contributed by atoms with Crippen molar-refractivity contribution in [2.75, 3.05) is 10.6 Å². The lowest BCUT2D eigenvalue weighted by atomic mass is 10.2. The largest absolute Gasteiger partial charge is 0.326 e. The Kier molecular flexibility index (Phi) is 5.23. The molecule has 0 bridgehead atoms. The van der Waals surface area contributed by atoms with Crippen LogP contribution in [0.25, 0.3) is 0 Å². The van der Waals surface area contributed by atoms with Crippen molar-refractivity contribution in [2.45, 2.75) is 13.3 Å². The summed E-state index contributed by atoms with van der Waals surface area (Å²) in [5.74, 6) is -1.18. The third-order valence-electron chi connectivity index (χ3n) is 4.20. The highest BCUT2D eigenvalue weighted by Gasteiger charge is 2.48. The van der Waals surface area contributed by atoms with Crippen LogP contribution in [0, 0.1) is 18.8 Å². The number of carbonyl (C=O) groups excluding carboxylic acids is 2. The number of anilines is 2. The maximum atomic E-state index is 12.3. The van der Waals surface area contributed by atoms with Crippen molar-refractivity contribution in [2.24, 2.45) is 11.8 Å². The third kappa shape index (κ3) is 3.92. The number of amides is 2. The zero-order valence-corrected chi connectivity index (χ0v) is 15.5. The number of nitrogens with one attached hydrogen (secondary N) is 2. The van der Waals surface area contributed by atoms with Gasteiger partial charge in [0.1, 0.15) is 0 Å². The van der Waals surface area contributed by atoms with Gasteiger partial charge in [0.05, 0.1) is 27.6 Å². The Morgan fingerprint density at radius 1 is 0.880 bits per heavy atom. The zero-order chi connectivity index (χ0) is 18.1. The molecule has 130 valence electrons. The van der Waals surface area contributed by atoms with Crippen molar-refractivity contribution in [3.05, 3.63) is 57.0 Å². The van der Waals surface area contributed by atoms with Gasteiger partial charge in [-0.1, -0.05) is 46.9 Å². The van der Waals surface area contributed by atoms with Gasteiger partial charge in [-0.05, 0) is 43.2 Å². The predicted octanol–water partition coefficient (Wildman–Crippen LogP) is 5.17. The minimum absolute atomic E-state index is 0.192. The lowest BCUT2D eigenvalue weighted by molar-refractivity contribution is -0.122. The van der Waals surface area contributed by atoms with E-state index in [1.54, 1.807) is 36.4 Å². The first-order valence-electron chi connectivity index (χ1n) is 7.69. The van der Waals surface area contributed by atoms with Crippen molar-refractivity contribution in [1.82, 2.24) is 0 Å². The summed E-state index contributed by atoms with van der Waals surface area (Å²) < 4.78 is 0. The molecule has 2 unspecified atom stereocenters. The quantitative estimate of drug-likeness (QED) is 0.748. The van der Waals surface area contributed by atoms with E-state index in [0.717, 1.165) is 5.56 Å². The lowest BCUT2D eigenvalue weighted by Gasteiger charge is -2.10. The van der Waals surface area contributed by atoms with Gasteiger partial charge in [0.2, 0.25) is 11.8 Å². The van der Waals surface area contributed by atoms with Crippen LogP contribution in [0.1, 0.15) is 12.0 Å². The molecule has 7 heteroatoms. The molecular weight excluding hydrogens is 383 g/mol. The first kappa shape index (κ1) is 18.1. The van der Waals surface area contributed by atoms with Gasteiger partial charge in [0.25, 0.3) is 0 Å². The number of benzene rings is 2. The average molecular weight is 398 g/mol. The SMILES string of the molecule is Cc1c(Cl)cccc1NC(=O)C1CC1C(=O)Nc1cccc(Cl)c1Cl. The fourth-order valence-electron chi connectivity index (χ4n) is 2.57. The van der Waals surface area contributed by atoms with Gasteiger partial charge >= 0.3 is 0 Å². The number of halogens is 3. The predicted molar refractivity (Wildman–Crippen MR) is 102 cm³/mol. The van der Waals surface area contributed by atoms with Crippen molar-refractivity contribution >= 4 is 58.0 Å². The third-order valence-corrected chi connectivity index (χ3v) is 5.43. The summed E-state index contributed by atoms with van der Waals surface area (Å²) in [6.07, 6.45) is 0.496. The number of rotatable bonds is 4.